The second-order valence-corrected chi connectivity index (χ2v) is 3.59. The van der Waals surface area contributed by atoms with Crippen LogP contribution in [0.5, 0.6) is 0 Å². The Morgan fingerprint density at radius 3 is 3.20 bits per heavy atom. The maximum Gasteiger partial charge on any atom is 0.263 e. The zero-order chi connectivity index (χ0) is 10.7. The van der Waals surface area contributed by atoms with Crippen LogP contribution >= 0.6 is 0 Å². The number of hydrazine groups is 1. The van der Waals surface area contributed by atoms with Crippen molar-refractivity contribution < 1.29 is 9.53 Å². The first-order chi connectivity index (χ1) is 7.29. The van der Waals surface area contributed by atoms with E-state index in [0.717, 1.165) is 19.4 Å². The molecule has 2 atom stereocenters. The molecule has 0 aliphatic carbocycles. The predicted octanol–water partition coefficient (Wildman–Crippen LogP) is -0.579. The van der Waals surface area contributed by atoms with Gasteiger partial charge in [-0.05, 0) is 12.8 Å². The van der Waals surface area contributed by atoms with Crippen LogP contribution in [-0.4, -0.2) is 27.7 Å². The number of hydrogen-bond donors (Lipinski definition) is 2. The minimum atomic E-state index is -0.400. The zero-order valence-electron chi connectivity index (χ0n) is 8.30. The molecule has 1 saturated heterocycles. The minimum absolute atomic E-state index is 0.0708. The van der Waals surface area contributed by atoms with E-state index in [1.54, 1.807) is 12.5 Å². The van der Waals surface area contributed by atoms with Gasteiger partial charge in [-0.2, -0.15) is 0 Å². The number of carbonyl (C=O) groups excluding carboxylic acids is 1. The van der Waals surface area contributed by atoms with Gasteiger partial charge in [-0.1, -0.05) is 0 Å². The second kappa shape index (κ2) is 4.41. The van der Waals surface area contributed by atoms with Gasteiger partial charge in [0.2, 0.25) is 0 Å². The molecule has 2 rings (SSSR count). The highest BCUT2D eigenvalue weighted by atomic mass is 16.5. The number of nitrogens with zero attached hydrogens (tertiary/aromatic N) is 2. The van der Waals surface area contributed by atoms with Crippen molar-refractivity contribution in [1.29, 1.82) is 0 Å². The van der Waals surface area contributed by atoms with Crippen molar-refractivity contribution in [3.8, 4) is 0 Å². The third-order valence-electron chi connectivity index (χ3n) is 2.52. The number of ether oxygens (including phenoxy) is 1. The van der Waals surface area contributed by atoms with E-state index < -0.39 is 6.10 Å². The number of rotatable bonds is 3. The Hall–Kier alpha value is -1.40. The van der Waals surface area contributed by atoms with Crippen molar-refractivity contribution in [2.45, 2.75) is 31.6 Å². The molecule has 1 amide bonds. The molecule has 1 aliphatic heterocycles. The van der Waals surface area contributed by atoms with Crippen molar-refractivity contribution in [1.82, 2.24) is 15.0 Å². The van der Waals surface area contributed by atoms with Gasteiger partial charge in [-0.15, -0.1) is 0 Å². The van der Waals surface area contributed by atoms with Gasteiger partial charge in [-0.25, -0.2) is 10.8 Å². The Balaban J connectivity index is 1.85. The Morgan fingerprint density at radius 1 is 1.67 bits per heavy atom. The summed E-state index contributed by atoms with van der Waals surface area (Å²) in [6.45, 7) is 0.731. The van der Waals surface area contributed by atoms with Gasteiger partial charge in [0.25, 0.3) is 5.91 Å². The molecule has 0 bridgehead atoms. The number of hydrogen-bond acceptors (Lipinski definition) is 4. The number of aromatic nitrogens is 2. The van der Waals surface area contributed by atoms with Gasteiger partial charge in [0.05, 0.1) is 12.4 Å². The molecule has 2 unspecified atom stereocenters. The van der Waals surface area contributed by atoms with Crippen molar-refractivity contribution in [2.24, 2.45) is 5.84 Å². The lowest BCUT2D eigenvalue weighted by Crippen LogP contribution is -2.39. The molecule has 1 aromatic rings. The third kappa shape index (κ3) is 2.34. The summed E-state index contributed by atoms with van der Waals surface area (Å²) in [5.74, 6) is 4.79. The molecular weight excluding hydrogens is 196 g/mol. The van der Waals surface area contributed by atoms with Crippen LogP contribution in [0.2, 0.25) is 0 Å². The van der Waals surface area contributed by atoms with Gasteiger partial charge in [0.15, 0.2) is 0 Å². The summed E-state index contributed by atoms with van der Waals surface area (Å²) in [6.07, 6.45) is 6.60. The molecule has 6 heteroatoms. The maximum atomic E-state index is 11.2. The molecule has 1 aromatic heterocycles. The fourth-order valence-corrected chi connectivity index (χ4v) is 1.76. The molecule has 3 N–H and O–H groups in total. The van der Waals surface area contributed by atoms with E-state index in [1.165, 1.54) is 0 Å². The molecular formula is C9H14N4O2. The summed E-state index contributed by atoms with van der Waals surface area (Å²) >= 11 is 0. The first-order valence-corrected chi connectivity index (χ1v) is 4.91. The Labute approximate surface area is 87.4 Å². The summed E-state index contributed by atoms with van der Waals surface area (Å²) in [5, 5.41) is 0. The fraction of sp³-hybridized carbons (Fsp3) is 0.556. The van der Waals surface area contributed by atoms with E-state index in [1.807, 2.05) is 10.8 Å². The van der Waals surface area contributed by atoms with Crippen LogP contribution in [0.15, 0.2) is 18.7 Å². The lowest BCUT2D eigenvalue weighted by molar-refractivity contribution is -0.132. The fourth-order valence-electron chi connectivity index (χ4n) is 1.76. The van der Waals surface area contributed by atoms with Gasteiger partial charge in [0.1, 0.15) is 6.10 Å². The van der Waals surface area contributed by atoms with Crippen molar-refractivity contribution in [2.75, 3.05) is 0 Å². The molecule has 0 saturated carbocycles. The SMILES string of the molecule is NNC(=O)C1CCC(Cn2ccnc2)O1. The minimum Gasteiger partial charge on any atom is -0.363 e. The van der Waals surface area contributed by atoms with E-state index in [9.17, 15) is 4.79 Å². The van der Waals surface area contributed by atoms with E-state index in [2.05, 4.69) is 10.4 Å². The summed E-state index contributed by atoms with van der Waals surface area (Å²) < 4.78 is 7.48. The molecule has 1 fully saturated rings. The highest BCUT2D eigenvalue weighted by Gasteiger charge is 2.30. The quantitative estimate of drug-likeness (QED) is 0.397. The number of nitrogens with one attached hydrogen (secondary N) is 1. The van der Waals surface area contributed by atoms with Crippen LogP contribution in [0.3, 0.4) is 0 Å². The van der Waals surface area contributed by atoms with Crippen molar-refractivity contribution in [3.05, 3.63) is 18.7 Å². The van der Waals surface area contributed by atoms with E-state index in [4.69, 9.17) is 10.6 Å². The van der Waals surface area contributed by atoms with E-state index in [-0.39, 0.29) is 12.0 Å². The Kier molecular flexibility index (Phi) is 2.98. The molecule has 15 heavy (non-hydrogen) atoms. The average molecular weight is 210 g/mol. The third-order valence-corrected chi connectivity index (χ3v) is 2.52. The number of nitrogens with two attached hydrogens (primary N) is 1. The van der Waals surface area contributed by atoms with E-state index >= 15 is 0 Å². The van der Waals surface area contributed by atoms with E-state index in [0.29, 0.717) is 0 Å². The summed E-state index contributed by atoms with van der Waals surface area (Å²) in [5.41, 5.74) is 2.10. The summed E-state index contributed by atoms with van der Waals surface area (Å²) in [7, 11) is 0. The molecule has 82 valence electrons. The zero-order valence-corrected chi connectivity index (χ0v) is 8.30. The average Bonchev–Trinajstić information content (AvgIpc) is 2.88. The maximum absolute atomic E-state index is 11.2. The summed E-state index contributed by atoms with van der Waals surface area (Å²) in [4.78, 5) is 15.1. The van der Waals surface area contributed by atoms with Crippen LogP contribution in [0.4, 0.5) is 0 Å². The van der Waals surface area contributed by atoms with Gasteiger partial charge >= 0.3 is 0 Å². The second-order valence-electron chi connectivity index (χ2n) is 3.59. The molecule has 0 spiro atoms. The monoisotopic (exact) mass is 210 g/mol. The van der Waals surface area contributed by atoms with Crippen molar-refractivity contribution >= 4 is 5.91 Å². The van der Waals surface area contributed by atoms with Gasteiger partial charge in [0, 0.05) is 18.9 Å². The van der Waals surface area contributed by atoms with Crippen LogP contribution in [0.25, 0.3) is 0 Å². The van der Waals surface area contributed by atoms with Gasteiger partial charge in [-0.3, -0.25) is 10.2 Å². The lowest BCUT2D eigenvalue weighted by Gasteiger charge is -2.12. The predicted molar refractivity (Wildman–Crippen MR) is 52.5 cm³/mol. The summed E-state index contributed by atoms with van der Waals surface area (Å²) in [6, 6.07) is 0. The number of amides is 1. The lowest BCUT2D eigenvalue weighted by atomic mass is 10.2. The number of carbonyl (C=O) groups is 1. The highest BCUT2D eigenvalue weighted by molar-refractivity contribution is 5.80. The van der Waals surface area contributed by atoms with Crippen LogP contribution < -0.4 is 11.3 Å². The Bertz CT molecular complexity index is 325. The first-order valence-electron chi connectivity index (χ1n) is 4.91. The standard InChI is InChI=1S/C9H14N4O2/c10-12-9(14)8-2-1-7(15-8)5-13-4-3-11-6-13/h3-4,6-8H,1-2,5,10H2,(H,12,14). The Morgan fingerprint density at radius 2 is 2.53 bits per heavy atom. The van der Waals surface area contributed by atoms with Crippen LogP contribution in [-0.2, 0) is 16.1 Å². The largest absolute Gasteiger partial charge is 0.363 e. The van der Waals surface area contributed by atoms with Crippen molar-refractivity contribution in [3.63, 3.8) is 0 Å². The first kappa shape index (κ1) is 10.1. The van der Waals surface area contributed by atoms with Gasteiger partial charge < -0.3 is 9.30 Å². The molecule has 2 heterocycles. The van der Waals surface area contributed by atoms with Crippen LogP contribution in [0, 0.1) is 0 Å². The normalized spacial score (nSPS) is 25.4. The molecule has 0 aromatic carbocycles. The smallest absolute Gasteiger partial charge is 0.263 e. The molecule has 0 radical (unpaired) electrons. The topological polar surface area (TPSA) is 82.2 Å². The van der Waals surface area contributed by atoms with Crippen LogP contribution in [0.1, 0.15) is 12.8 Å². The number of imidazole rings is 1. The molecule has 1 aliphatic rings. The molecule has 6 nitrogen and oxygen atoms in total. The highest BCUT2D eigenvalue weighted by Crippen LogP contribution is 2.20.